The number of carbonyl (C=O) groups is 1. The van der Waals surface area contributed by atoms with E-state index in [4.69, 9.17) is 4.74 Å². The molecule has 1 amide bonds. The predicted octanol–water partition coefficient (Wildman–Crippen LogP) is 0.934. The minimum Gasteiger partial charge on any atom is -0.376 e. The van der Waals surface area contributed by atoms with Crippen LogP contribution < -0.4 is 5.32 Å². The average Bonchev–Trinajstić information content (AvgIpc) is 3.16. The quantitative estimate of drug-likeness (QED) is 0.909. The van der Waals surface area contributed by atoms with Gasteiger partial charge in [-0.2, -0.15) is 10.2 Å². The van der Waals surface area contributed by atoms with Crippen LogP contribution in [-0.2, 0) is 16.6 Å². The second kappa shape index (κ2) is 5.48. The van der Waals surface area contributed by atoms with Crippen molar-refractivity contribution in [2.45, 2.75) is 38.8 Å². The van der Waals surface area contributed by atoms with Gasteiger partial charge in [0, 0.05) is 20.2 Å². The lowest BCUT2D eigenvalue weighted by atomic mass is 10.2. The van der Waals surface area contributed by atoms with Gasteiger partial charge in [0.05, 0.1) is 18.0 Å². The summed E-state index contributed by atoms with van der Waals surface area (Å²) >= 11 is 0. The number of ether oxygens (including phenoxy) is 1. The number of aromatic nitrogens is 4. The molecule has 1 saturated heterocycles. The molecule has 0 bridgehead atoms. The number of nitrogens with one attached hydrogen (secondary N) is 1. The Bertz CT molecular complexity index is 619. The van der Waals surface area contributed by atoms with Crippen molar-refractivity contribution in [1.29, 1.82) is 0 Å². The first-order valence-corrected chi connectivity index (χ1v) is 7.34. The first kappa shape index (κ1) is 14.1. The maximum absolute atomic E-state index is 12.2. The summed E-state index contributed by atoms with van der Waals surface area (Å²) in [5.41, 5.74) is 2.65. The molecule has 1 aliphatic rings. The highest BCUT2D eigenvalue weighted by molar-refractivity contribution is 5.81. The summed E-state index contributed by atoms with van der Waals surface area (Å²) in [6.45, 7) is 5.14. The summed E-state index contributed by atoms with van der Waals surface area (Å²) in [5.74, 6) is -0.0380. The number of carbonyl (C=O) groups excluding carboxylic acids is 1. The fourth-order valence-electron chi connectivity index (χ4n) is 2.69. The van der Waals surface area contributed by atoms with Crippen molar-refractivity contribution in [3.8, 4) is 0 Å². The molecule has 3 rings (SSSR count). The molecule has 0 spiro atoms. The second-order valence-corrected chi connectivity index (χ2v) is 5.61. The van der Waals surface area contributed by atoms with Gasteiger partial charge in [0.1, 0.15) is 17.1 Å². The molecule has 1 aliphatic heterocycles. The Morgan fingerprint density at radius 2 is 2.38 bits per heavy atom. The van der Waals surface area contributed by atoms with Gasteiger partial charge in [-0.25, -0.2) is 0 Å². The van der Waals surface area contributed by atoms with E-state index in [9.17, 15) is 4.79 Å². The van der Waals surface area contributed by atoms with E-state index < -0.39 is 0 Å². The molecular formula is C14H21N5O2. The van der Waals surface area contributed by atoms with Crippen molar-refractivity contribution in [2.24, 2.45) is 7.05 Å². The van der Waals surface area contributed by atoms with Gasteiger partial charge in [-0.3, -0.25) is 14.2 Å². The van der Waals surface area contributed by atoms with Gasteiger partial charge < -0.3 is 10.1 Å². The van der Waals surface area contributed by atoms with Crippen molar-refractivity contribution in [2.75, 3.05) is 13.2 Å². The van der Waals surface area contributed by atoms with Crippen LogP contribution in [0.3, 0.4) is 0 Å². The lowest BCUT2D eigenvalue weighted by Crippen LogP contribution is -2.36. The zero-order valence-electron chi connectivity index (χ0n) is 12.7. The van der Waals surface area contributed by atoms with Gasteiger partial charge in [0.2, 0.25) is 5.91 Å². The number of fused-ring (bicyclic) bond motifs is 1. The largest absolute Gasteiger partial charge is 0.376 e. The van der Waals surface area contributed by atoms with E-state index in [1.165, 1.54) is 0 Å². The smallest absolute Gasteiger partial charge is 0.244 e. The number of amides is 1. The molecule has 2 aromatic rings. The lowest BCUT2D eigenvalue weighted by molar-refractivity contribution is -0.124. The molecule has 7 heteroatoms. The zero-order chi connectivity index (χ0) is 15.0. The highest BCUT2D eigenvalue weighted by Gasteiger charge is 2.21. The Morgan fingerprint density at radius 1 is 1.57 bits per heavy atom. The Hall–Kier alpha value is -1.89. The molecule has 114 valence electrons. The van der Waals surface area contributed by atoms with Crippen LogP contribution >= 0.6 is 0 Å². The molecule has 3 heterocycles. The minimum atomic E-state index is -0.349. The van der Waals surface area contributed by atoms with E-state index in [1.54, 1.807) is 9.36 Å². The molecule has 7 nitrogen and oxygen atoms in total. The molecule has 1 fully saturated rings. The van der Waals surface area contributed by atoms with Crippen molar-refractivity contribution in [3.05, 3.63) is 11.9 Å². The van der Waals surface area contributed by atoms with Gasteiger partial charge in [-0.15, -0.1) is 0 Å². The summed E-state index contributed by atoms with van der Waals surface area (Å²) in [6.07, 6.45) is 4.12. The third-order valence-corrected chi connectivity index (χ3v) is 4.01. The summed E-state index contributed by atoms with van der Waals surface area (Å²) in [5, 5.41) is 11.7. The van der Waals surface area contributed by atoms with Crippen LogP contribution in [0.4, 0.5) is 0 Å². The SMILES string of the molecule is Cc1nn(C)c2cn([C@H](C)C(=O)NC[C@@H]3CCCO3)nc12. The average molecular weight is 291 g/mol. The van der Waals surface area contributed by atoms with E-state index in [2.05, 4.69) is 15.5 Å². The van der Waals surface area contributed by atoms with E-state index in [-0.39, 0.29) is 18.1 Å². The van der Waals surface area contributed by atoms with E-state index >= 15 is 0 Å². The standard InChI is InChI=1S/C14H21N5O2/c1-9-13-12(18(3)16-9)8-19(17-13)10(2)14(20)15-7-11-5-4-6-21-11/h8,10-11H,4-7H2,1-3H3,(H,15,20)/t10-,11+/m1/s1. The highest BCUT2D eigenvalue weighted by Crippen LogP contribution is 2.18. The van der Waals surface area contributed by atoms with Crippen LogP contribution in [0.5, 0.6) is 0 Å². The Morgan fingerprint density at radius 3 is 3.05 bits per heavy atom. The fourth-order valence-corrected chi connectivity index (χ4v) is 2.69. The highest BCUT2D eigenvalue weighted by atomic mass is 16.5. The molecule has 1 N–H and O–H groups in total. The van der Waals surface area contributed by atoms with Gasteiger partial charge in [0.25, 0.3) is 0 Å². The molecule has 0 saturated carbocycles. The van der Waals surface area contributed by atoms with Crippen LogP contribution in [-0.4, -0.2) is 44.7 Å². The van der Waals surface area contributed by atoms with E-state index in [0.29, 0.717) is 6.54 Å². The van der Waals surface area contributed by atoms with Crippen molar-refractivity contribution >= 4 is 16.9 Å². The normalized spacial score (nSPS) is 20.0. The monoisotopic (exact) mass is 291 g/mol. The summed E-state index contributed by atoms with van der Waals surface area (Å²) in [6, 6.07) is -0.349. The van der Waals surface area contributed by atoms with Gasteiger partial charge in [0.15, 0.2) is 0 Å². The molecular weight excluding hydrogens is 270 g/mol. The van der Waals surface area contributed by atoms with Gasteiger partial charge >= 0.3 is 0 Å². The van der Waals surface area contributed by atoms with Crippen molar-refractivity contribution < 1.29 is 9.53 Å². The number of hydrogen-bond acceptors (Lipinski definition) is 4. The van der Waals surface area contributed by atoms with Gasteiger partial charge in [-0.1, -0.05) is 0 Å². The molecule has 21 heavy (non-hydrogen) atoms. The third kappa shape index (κ3) is 2.65. The summed E-state index contributed by atoms with van der Waals surface area (Å²) in [4.78, 5) is 12.2. The number of nitrogens with zero attached hydrogens (tertiary/aromatic N) is 4. The van der Waals surface area contributed by atoms with Crippen LogP contribution in [0.2, 0.25) is 0 Å². The number of hydrogen-bond donors (Lipinski definition) is 1. The zero-order valence-corrected chi connectivity index (χ0v) is 12.7. The number of rotatable bonds is 4. The Kier molecular flexibility index (Phi) is 3.67. The molecule has 0 unspecified atom stereocenters. The maximum atomic E-state index is 12.2. The first-order valence-electron chi connectivity index (χ1n) is 7.34. The van der Waals surface area contributed by atoms with Crippen LogP contribution in [0.25, 0.3) is 11.0 Å². The molecule has 0 aliphatic carbocycles. The van der Waals surface area contributed by atoms with E-state index in [1.807, 2.05) is 27.1 Å². The van der Waals surface area contributed by atoms with Crippen LogP contribution in [0, 0.1) is 6.92 Å². The molecule has 0 radical (unpaired) electrons. The van der Waals surface area contributed by atoms with E-state index in [0.717, 1.165) is 36.2 Å². The summed E-state index contributed by atoms with van der Waals surface area (Å²) in [7, 11) is 1.88. The topological polar surface area (TPSA) is 74.0 Å². The Labute approximate surface area is 123 Å². The Balaban J connectivity index is 1.68. The summed E-state index contributed by atoms with van der Waals surface area (Å²) < 4.78 is 8.99. The first-order chi connectivity index (χ1) is 10.1. The number of aryl methyl sites for hydroxylation is 2. The van der Waals surface area contributed by atoms with Gasteiger partial charge in [-0.05, 0) is 26.7 Å². The maximum Gasteiger partial charge on any atom is 0.244 e. The van der Waals surface area contributed by atoms with Crippen molar-refractivity contribution in [1.82, 2.24) is 24.9 Å². The van der Waals surface area contributed by atoms with Crippen LogP contribution in [0.15, 0.2) is 6.20 Å². The predicted molar refractivity (Wildman–Crippen MR) is 77.9 cm³/mol. The van der Waals surface area contributed by atoms with Crippen molar-refractivity contribution in [3.63, 3.8) is 0 Å². The second-order valence-electron chi connectivity index (χ2n) is 5.61. The molecule has 2 aromatic heterocycles. The fraction of sp³-hybridized carbons (Fsp3) is 0.643. The minimum absolute atomic E-state index is 0.0380. The lowest BCUT2D eigenvalue weighted by Gasteiger charge is -2.15. The molecule has 2 atom stereocenters. The molecule has 0 aromatic carbocycles. The van der Waals surface area contributed by atoms with Crippen LogP contribution in [0.1, 0.15) is 31.5 Å². The third-order valence-electron chi connectivity index (χ3n) is 4.01.